The predicted molar refractivity (Wildman–Crippen MR) is 189 cm³/mol. The molecule has 0 saturated carbocycles. The van der Waals surface area contributed by atoms with Crippen LogP contribution in [0.2, 0.25) is 5.02 Å². The number of sulfonamides is 1. The lowest BCUT2D eigenvalue weighted by Gasteiger charge is -2.34. The number of ether oxygens (including phenoxy) is 2. The smallest absolute Gasteiger partial charge is 0.264 e. The zero-order valence-corrected chi connectivity index (χ0v) is 29.4. The van der Waals surface area contributed by atoms with Crippen molar-refractivity contribution in [1.29, 1.82) is 0 Å². The van der Waals surface area contributed by atoms with E-state index in [9.17, 15) is 18.0 Å². The van der Waals surface area contributed by atoms with Crippen molar-refractivity contribution in [1.82, 2.24) is 10.2 Å². The Morgan fingerprint density at radius 1 is 0.854 bits per heavy atom. The average molecular weight is 692 g/mol. The van der Waals surface area contributed by atoms with Crippen LogP contribution in [0.1, 0.15) is 37.0 Å². The summed E-state index contributed by atoms with van der Waals surface area (Å²) in [5, 5.41) is 3.57. The van der Waals surface area contributed by atoms with E-state index in [4.69, 9.17) is 21.1 Å². The molecule has 254 valence electrons. The Morgan fingerprint density at radius 2 is 1.50 bits per heavy atom. The molecule has 11 heteroatoms. The molecular weight excluding hydrogens is 650 g/mol. The Balaban J connectivity index is 1.82. The number of hydrogen-bond donors (Lipinski definition) is 1. The van der Waals surface area contributed by atoms with E-state index in [-0.39, 0.29) is 35.6 Å². The van der Waals surface area contributed by atoms with E-state index < -0.39 is 28.5 Å². The van der Waals surface area contributed by atoms with Gasteiger partial charge in [-0.2, -0.15) is 0 Å². The van der Waals surface area contributed by atoms with Crippen molar-refractivity contribution in [2.24, 2.45) is 0 Å². The molecule has 0 saturated heterocycles. The molecule has 0 spiro atoms. The van der Waals surface area contributed by atoms with Crippen LogP contribution in [0.25, 0.3) is 0 Å². The van der Waals surface area contributed by atoms with Crippen LogP contribution in [0, 0.1) is 6.92 Å². The van der Waals surface area contributed by atoms with Crippen LogP contribution >= 0.6 is 11.6 Å². The topological polar surface area (TPSA) is 105 Å². The van der Waals surface area contributed by atoms with Crippen molar-refractivity contribution in [2.75, 3.05) is 25.1 Å². The summed E-state index contributed by atoms with van der Waals surface area (Å²) >= 11 is 6.17. The van der Waals surface area contributed by atoms with Gasteiger partial charge in [-0.25, -0.2) is 8.42 Å². The number of nitrogens with zero attached hydrogens (tertiary/aromatic N) is 2. The van der Waals surface area contributed by atoms with Gasteiger partial charge in [0.1, 0.15) is 12.6 Å². The van der Waals surface area contributed by atoms with Gasteiger partial charge in [-0.15, -0.1) is 0 Å². The van der Waals surface area contributed by atoms with Gasteiger partial charge < -0.3 is 19.7 Å². The number of carbonyl (C=O) groups excluding carboxylic acids is 2. The molecule has 9 nitrogen and oxygen atoms in total. The summed E-state index contributed by atoms with van der Waals surface area (Å²) in [4.78, 5) is 30.0. The second kappa shape index (κ2) is 16.5. The van der Waals surface area contributed by atoms with Gasteiger partial charge in [-0.05, 0) is 67.8 Å². The highest BCUT2D eigenvalue weighted by molar-refractivity contribution is 7.92. The predicted octanol–water partition coefficient (Wildman–Crippen LogP) is 6.42. The molecular formula is C37H42ClN3O6S. The SMILES string of the molecule is CC[C@H](C)NC(=O)[C@@H](Cc1ccccc1)N(Cc1ccc(Cl)cc1)C(=O)CN(c1ccc(C)cc1)S(=O)(=O)c1ccc(OC)c(OC)c1. The van der Waals surface area contributed by atoms with E-state index in [0.717, 1.165) is 21.0 Å². The number of methoxy groups -OCH3 is 2. The Kier molecular flexibility index (Phi) is 12.5. The number of halogens is 1. The van der Waals surface area contributed by atoms with Gasteiger partial charge in [-0.3, -0.25) is 13.9 Å². The molecule has 0 aliphatic carbocycles. The lowest BCUT2D eigenvalue weighted by atomic mass is 10.0. The van der Waals surface area contributed by atoms with Gasteiger partial charge in [0, 0.05) is 30.1 Å². The van der Waals surface area contributed by atoms with Gasteiger partial charge in [0.15, 0.2) is 11.5 Å². The zero-order chi connectivity index (χ0) is 34.8. The minimum absolute atomic E-state index is 0.0412. The van der Waals surface area contributed by atoms with Gasteiger partial charge >= 0.3 is 0 Å². The summed E-state index contributed by atoms with van der Waals surface area (Å²) in [6.45, 7) is 5.22. The van der Waals surface area contributed by atoms with Crippen LogP contribution in [0.15, 0.2) is 102 Å². The molecule has 2 amide bonds. The first-order chi connectivity index (χ1) is 23.0. The zero-order valence-electron chi connectivity index (χ0n) is 27.9. The lowest BCUT2D eigenvalue weighted by Crippen LogP contribution is -2.54. The van der Waals surface area contributed by atoms with E-state index in [1.54, 1.807) is 48.5 Å². The van der Waals surface area contributed by atoms with Gasteiger partial charge in [0.2, 0.25) is 11.8 Å². The monoisotopic (exact) mass is 691 g/mol. The number of nitrogens with one attached hydrogen (secondary N) is 1. The van der Waals surface area contributed by atoms with Crippen molar-refractivity contribution in [2.45, 2.75) is 57.1 Å². The molecule has 0 aliphatic heterocycles. The maximum Gasteiger partial charge on any atom is 0.264 e. The van der Waals surface area contributed by atoms with Crippen LogP contribution < -0.4 is 19.1 Å². The first kappa shape index (κ1) is 36.3. The van der Waals surface area contributed by atoms with Gasteiger partial charge in [-0.1, -0.05) is 78.7 Å². The molecule has 4 aromatic rings. The van der Waals surface area contributed by atoms with Crippen molar-refractivity contribution in [3.05, 3.63) is 119 Å². The van der Waals surface area contributed by atoms with E-state index in [0.29, 0.717) is 22.9 Å². The number of anilines is 1. The average Bonchev–Trinajstić information content (AvgIpc) is 3.09. The molecule has 2 atom stereocenters. The Morgan fingerprint density at radius 3 is 2.10 bits per heavy atom. The highest BCUT2D eigenvalue weighted by Gasteiger charge is 2.35. The first-order valence-corrected chi connectivity index (χ1v) is 17.5. The standard InChI is InChI=1S/C37H42ClN3O6S/c1-6-27(3)39-37(43)33(22-28-10-8-7-9-11-28)40(24-29-14-16-30(38)17-15-29)36(42)25-41(31-18-12-26(2)13-19-31)48(44,45)32-20-21-34(46-4)35(23-32)47-5/h7-21,23,27,33H,6,22,24-25H2,1-5H3,(H,39,43)/t27-,33+/m0/s1. The van der Waals surface area contributed by atoms with Gasteiger partial charge in [0.25, 0.3) is 10.0 Å². The second-order valence-corrected chi connectivity index (χ2v) is 13.8. The van der Waals surface area contributed by atoms with Crippen LogP contribution in [-0.4, -0.2) is 58.0 Å². The number of rotatable bonds is 15. The third-order valence-corrected chi connectivity index (χ3v) is 10.1. The van der Waals surface area contributed by atoms with Crippen molar-refractivity contribution in [3.8, 4) is 11.5 Å². The molecule has 0 bridgehead atoms. The second-order valence-electron chi connectivity index (χ2n) is 11.5. The van der Waals surface area contributed by atoms with Crippen molar-refractivity contribution < 1.29 is 27.5 Å². The van der Waals surface area contributed by atoms with E-state index in [2.05, 4.69) is 5.32 Å². The molecule has 0 heterocycles. The Bertz CT molecular complexity index is 1780. The first-order valence-electron chi connectivity index (χ1n) is 15.7. The highest BCUT2D eigenvalue weighted by atomic mass is 35.5. The summed E-state index contributed by atoms with van der Waals surface area (Å²) in [7, 11) is -1.45. The van der Waals surface area contributed by atoms with Crippen LogP contribution in [0.4, 0.5) is 5.69 Å². The summed E-state index contributed by atoms with van der Waals surface area (Å²) in [6, 6.07) is 26.5. The third-order valence-electron chi connectivity index (χ3n) is 8.08. The van der Waals surface area contributed by atoms with Gasteiger partial charge in [0.05, 0.1) is 24.8 Å². The molecule has 0 fully saturated rings. The fourth-order valence-corrected chi connectivity index (χ4v) is 6.68. The summed E-state index contributed by atoms with van der Waals surface area (Å²) in [5.41, 5.74) is 2.79. The molecule has 48 heavy (non-hydrogen) atoms. The Labute approximate surface area is 288 Å². The number of carbonyl (C=O) groups is 2. The largest absolute Gasteiger partial charge is 0.493 e. The van der Waals surface area contributed by atoms with E-state index in [1.165, 1.54) is 37.3 Å². The maximum absolute atomic E-state index is 14.6. The van der Waals surface area contributed by atoms with Crippen molar-refractivity contribution >= 4 is 39.1 Å². The fourth-order valence-electron chi connectivity index (χ4n) is 5.13. The molecule has 4 aromatic carbocycles. The lowest BCUT2D eigenvalue weighted by molar-refractivity contribution is -0.140. The van der Waals surface area contributed by atoms with E-state index in [1.807, 2.05) is 51.1 Å². The molecule has 0 radical (unpaired) electrons. The quantitative estimate of drug-likeness (QED) is 0.154. The molecule has 4 rings (SSSR count). The maximum atomic E-state index is 14.6. The highest BCUT2D eigenvalue weighted by Crippen LogP contribution is 2.32. The Hall–Kier alpha value is -4.54. The number of amides is 2. The molecule has 1 N–H and O–H groups in total. The summed E-state index contributed by atoms with van der Waals surface area (Å²) < 4.78 is 40.5. The third kappa shape index (κ3) is 9.08. The van der Waals surface area contributed by atoms with Crippen molar-refractivity contribution in [3.63, 3.8) is 0 Å². The van der Waals surface area contributed by atoms with E-state index >= 15 is 0 Å². The molecule has 0 unspecified atom stereocenters. The van der Waals surface area contributed by atoms with Crippen LogP contribution in [0.3, 0.4) is 0 Å². The number of aryl methyl sites for hydroxylation is 1. The minimum atomic E-state index is -4.33. The number of hydrogen-bond acceptors (Lipinski definition) is 6. The minimum Gasteiger partial charge on any atom is -0.493 e. The summed E-state index contributed by atoms with van der Waals surface area (Å²) in [5.74, 6) is -0.308. The molecule has 0 aliphatic rings. The fraction of sp³-hybridized carbons (Fsp3) is 0.297. The number of benzene rings is 4. The normalized spacial score (nSPS) is 12.5. The van der Waals surface area contributed by atoms with Crippen LogP contribution in [0.5, 0.6) is 11.5 Å². The summed E-state index contributed by atoms with van der Waals surface area (Å²) in [6.07, 6.45) is 0.912. The van der Waals surface area contributed by atoms with Crippen LogP contribution in [-0.2, 0) is 32.6 Å². The molecule has 0 aromatic heterocycles.